The molecule has 0 aliphatic carbocycles. The van der Waals surface area contributed by atoms with Crippen molar-refractivity contribution in [2.75, 3.05) is 0 Å². The molecule has 2 rings (SSSR count). The zero-order valence-corrected chi connectivity index (χ0v) is 14.0. The van der Waals surface area contributed by atoms with Crippen LogP contribution in [0.5, 0.6) is 5.75 Å². The summed E-state index contributed by atoms with van der Waals surface area (Å²) in [5.41, 5.74) is 7.83. The van der Waals surface area contributed by atoms with Crippen LogP contribution in [0.25, 0.3) is 0 Å². The molecule has 118 valence electrons. The highest BCUT2D eigenvalue weighted by molar-refractivity contribution is 9.10. The SMILES string of the molecule is NC(=O)N/N=C\c1cc(Br)ccc1OC(=O)c1ccc(Cl)cc1. The largest absolute Gasteiger partial charge is 0.422 e. The summed E-state index contributed by atoms with van der Waals surface area (Å²) in [6.45, 7) is 0. The van der Waals surface area contributed by atoms with E-state index in [4.69, 9.17) is 22.1 Å². The van der Waals surface area contributed by atoms with Crippen molar-refractivity contribution in [3.8, 4) is 5.75 Å². The number of nitrogens with zero attached hydrogens (tertiary/aromatic N) is 1. The Morgan fingerprint density at radius 1 is 1.22 bits per heavy atom. The highest BCUT2D eigenvalue weighted by Crippen LogP contribution is 2.23. The Morgan fingerprint density at radius 3 is 2.57 bits per heavy atom. The predicted molar refractivity (Wildman–Crippen MR) is 90.9 cm³/mol. The van der Waals surface area contributed by atoms with Crippen molar-refractivity contribution < 1.29 is 14.3 Å². The molecular weight excluding hydrogens is 386 g/mol. The zero-order chi connectivity index (χ0) is 16.8. The molecule has 0 aromatic heterocycles. The van der Waals surface area contributed by atoms with Crippen molar-refractivity contribution in [3.05, 3.63) is 63.1 Å². The summed E-state index contributed by atoms with van der Waals surface area (Å²) >= 11 is 9.09. The third-order valence-corrected chi connectivity index (χ3v) is 3.38. The Bertz CT molecular complexity index is 763. The second-order valence-corrected chi connectivity index (χ2v) is 5.66. The molecule has 2 amide bonds. The van der Waals surface area contributed by atoms with Gasteiger partial charge in [0.05, 0.1) is 11.8 Å². The Morgan fingerprint density at radius 2 is 1.91 bits per heavy atom. The number of carbonyl (C=O) groups excluding carboxylic acids is 2. The van der Waals surface area contributed by atoms with Gasteiger partial charge in [0.25, 0.3) is 0 Å². The van der Waals surface area contributed by atoms with Crippen LogP contribution in [-0.4, -0.2) is 18.2 Å². The minimum absolute atomic E-state index is 0.281. The molecule has 0 fully saturated rings. The molecule has 0 saturated heterocycles. The maximum absolute atomic E-state index is 12.1. The van der Waals surface area contributed by atoms with E-state index in [1.54, 1.807) is 42.5 Å². The third kappa shape index (κ3) is 5.08. The van der Waals surface area contributed by atoms with Gasteiger partial charge in [-0.05, 0) is 42.5 Å². The van der Waals surface area contributed by atoms with Gasteiger partial charge in [-0.2, -0.15) is 5.10 Å². The first-order valence-electron chi connectivity index (χ1n) is 6.31. The lowest BCUT2D eigenvalue weighted by Gasteiger charge is -2.08. The van der Waals surface area contributed by atoms with Crippen LogP contribution in [0.2, 0.25) is 5.02 Å². The number of carbonyl (C=O) groups is 2. The third-order valence-electron chi connectivity index (χ3n) is 2.63. The van der Waals surface area contributed by atoms with E-state index < -0.39 is 12.0 Å². The molecule has 0 heterocycles. The molecule has 0 spiro atoms. The Labute approximate surface area is 145 Å². The van der Waals surface area contributed by atoms with Crippen LogP contribution >= 0.6 is 27.5 Å². The average Bonchev–Trinajstić information content (AvgIpc) is 2.50. The van der Waals surface area contributed by atoms with E-state index in [0.29, 0.717) is 16.1 Å². The van der Waals surface area contributed by atoms with E-state index in [0.717, 1.165) is 4.47 Å². The highest BCUT2D eigenvalue weighted by Gasteiger charge is 2.11. The first kappa shape index (κ1) is 17.0. The number of rotatable bonds is 4. The van der Waals surface area contributed by atoms with Crippen molar-refractivity contribution in [3.63, 3.8) is 0 Å². The smallest absolute Gasteiger partial charge is 0.343 e. The summed E-state index contributed by atoms with van der Waals surface area (Å²) in [7, 11) is 0. The molecule has 0 radical (unpaired) electrons. The van der Waals surface area contributed by atoms with Crippen LogP contribution in [0.3, 0.4) is 0 Å². The van der Waals surface area contributed by atoms with Crippen LogP contribution in [0, 0.1) is 0 Å². The van der Waals surface area contributed by atoms with E-state index in [2.05, 4.69) is 26.5 Å². The molecule has 0 bridgehead atoms. The fourth-order valence-electron chi connectivity index (χ4n) is 1.62. The number of nitrogens with one attached hydrogen (secondary N) is 1. The summed E-state index contributed by atoms with van der Waals surface area (Å²) in [5, 5.41) is 4.18. The molecule has 6 nitrogen and oxygen atoms in total. The maximum atomic E-state index is 12.1. The van der Waals surface area contributed by atoms with Gasteiger partial charge in [-0.3, -0.25) is 0 Å². The first-order chi connectivity index (χ1) is 11.0. The van der Waals surface area contributed by atoms with Crippen LogP contribution < -0.4 is 15.9 Å². The van der Waals surface area contributed by atoms with Crippen LogP contribution in [0.15, 0.2) is 52.0 Å². The lowest BCUT2D eigenvalue weighted by molar-refractivity contribution is 0.0734. The molecular formula is C15H11BrClN3O3. The Balaban J connectivity index is 2.21. The van der Waals surface area contributed by atoms with Gasteiger partial charge < -0.3 is 10.5 Å². The predicted octanol–water partition coefficient (Wildman–Crippen LogP) is 3.32. The number of ether oxygens (including phenoxy) is 1. The lowest BCUT2D eigenvalue weighted by atomic mass is 10.2. The number of halogens is 2. The lowest BCUT2D eigenvalue weighted by Crippen LogP contribution is -2.24. The van der Waals surface area contributed by atoms with Gasteiger partial charge in [-0.25, -0.2) is 15.0 Å². The second kappa shape index (κ2) is 7.75. The summed E-state index contributed by atoms with van der Waals surface area (Å²) in [6, 6.07) is 10.5. The van der Waals surface area contributed by atoms with E-state index in [9.17, 15) is 9.59 Å². The van der Waals surface area contributed by atoms with Crippen molar-refractivity contribution in [1.29, 1.82) is 0 Å². The summed E-state index contributed by atoms with van der Waals surface area (Å²) < 4.78 is 6.10. The first-order valence-corrected chi connectivity index (χ1v) is 7.48. The van der Waals surface area contributed by atoms with E-state index in [1.807, 2.05) is 0 Å². The fourth-order valence-corrected chi connectivity index (χ4v) is 2.13. The van der Waals surface area contributed by atoms with Crippen molar-refractivity contribution >= 4 is 45.7 Å². The monoisotopic (exact) mass is 395 g/mol. The number of nitrogens with two attached hydrogens (primary N) is 1. The normalized spacial score (nSPS) is 10.5. The van der Waals surface area contributed by atoms with E-state index in [1.165, 1.54) is 6.21 Å². The maximum Gasteiger partial charge on any atom is 0.343 e. The van der Waals surface area contributed by atoms with Gasteiger partial charge in [-0.1, -0.05) is 27.5 Å². The van der Waals surface area contributed by atoms with Crippen LogP contribution in [0.1, 0.15) is 15.9 Å². The number of esters is 1. The highest BCUT2D eigenvalue weighted by atomic mass is 79.9. The molecule has 0 aliphatic heterocycles. The average molecular weight is 397 g/mol. The minimum atomic E-state index is -0.795. The van der Waals surface area contributed by atoms with Crippen molar-refractivity contribution in [1.82, 2.24) is 5.43 Å². The number of benzene rings is 2. The number of hydrazone groups is 1. The van der Waals surface area contributed by atoms with Crippen molar-refractivity contribution in [2.45, 2.75) is 0 Å². The summed E-state index contributed by atoms with van der Waals surface area (Å²) in [5.74, 6) is -0.260. The van der Waals surface area contributed by atoms with E-state index >= 15 is 0 Å². The van der Waals surface area contributed by atoms with Crippen molar-refractivity contribution in [2.24, 2.45) is 10.8 Å². The number of hydrogen-bond donors (Lipinski definition) is 2. The van der Waals surface area contributed by atoms with Crippen LogP contribution in [-0.2, 0) is 0 Å². The second-order valence-electron chi connectivity index (χ2n) is 4.31. The van der Waals surface area contributed by atoms with Gasteiger partial charge in [0, 0.05) is 15.1 Å². The number of urea groups is 1. The topological polar surface area (TPSA) is 93.8 Å². The molecule has 0 atom stereocenters. The van der Waals surface area contributed by atoms with Gasteiger partial charge in [-0.15, -0.1) is 0 Å². The molecule has 0 unspecified atom stereocenters. The molecule has 0 aliphatic rings. The minimum Gasteiger partial charge on any atom is -0.422 e. The van der Waals surface area contributed by atoms with Gasteiger partial charge >= 0.3 is 12.0 Å². The Kier molecular flexibility index (Phi) is 5.72. The van der Waals surface area contributed by atoms with E-state index in [-0.39, 0.29) is 5.75 Å². The molecule has 0 saturated carbocycles. The number of primary amides is 1. The van der Waals surface area contributed by atoms with Crippen LogP contribution in [0.4, 0.5) is 4.79 Å². The summed E-state index contributed by atoms with van der Waals surface area (Å²) in [4.78, 5) is 22.8. The fraction of sp³-hybridized carbons (Fsp3) is 0. The molecule has 8 heteroatoms. The van der Waals surface area contributed by atoms with Gasteiger partial charge in [0.1, 0.15) is 5.75 Å². The number of amides is 2. The molecule has 23 heavy (non-hydrogen) atoms. The molecule has 2 aromatic rings. The molecule has 2 aromatic carbocycles. The quantitative estimate of drug-likeness (QED) is 0.359. The Hall–Kier alpha value is -2.38. The van der Waals surface area contributed by atoms with Gasteiger partial charge in [0.2, 0.25) is 0 Å². The van der Waals surface area contributed by atoms with Gasteiger partial charge in [0.15, 0.2) is 0 Å². The number of hydrogen-bond acceptors (Lipinski definition) is 4. The molecule has 3 N–H and O–H groups in total. The summed E-state index contributed by atoms with van der Waals surface area (Å²) in [6.07, 6.45) is 1.32. The zero-order valence-electron chi connectivity index (χ0n) is 11.6. The standard InChI is InChI=1S/C15H11BrClN3O3/c16-11-3-6-13(10(7-11)8-19-20-15(18)22)23-14(21)9-1-4-12(17)5-2-9/h1-8H,(H3,18,20,22)/b19-8-.